The summed E-state index contributed by atoms with van der Waals surface area (Å²) in [5.74, 6) is 0. The van der Waals surface area contributed by atoms with Crippen LogP contribution in [-0.2, 0) is 0 Å². The van der Waals surface area contributed by atoms with Crippen LogP contribution in [0.1, 0.15) is 5.56 Å². The van der Waals surface area contributed by atoms with Crippen molar-refractivity contribution < 1.29 is 0 Å². The first kappa shape index (κ1) is 9.09. The van der Waals surface area contributed by atoms with Gasteiger partial charge in [-0.15, -0.1) is 0 Å². The van der Waals surface area contributed by atoms with Crippen molar-refractivity contribution in [2.24, 2.45) is 0 Å². The fourth-order valence-corrected chi connectivity index (χ4v) is 1.88. The van der Waals surface area contributed by atoms with Crippen molar-refractivity contribution in [1.29, 1.82) is 0 Å². The average Bonchev–Trinajstić information content (AvgIpc) is 2.76. The fourth-order valence-electron chi connectivity index (χ4n) is 1.88. The zero-order valence-electron chi connectivity index (χ0n) is 8.94. The number of aromatic amines is 1. The molecular formula is C13H11N3. The van der Waals surface area contributed by atoms with Gasteiger partial charge >= 0.3 is 0 Å². The summed E-state index contributed by atoms with van der Waals surface area (Å²) in [6.45, 7) is 2.11. The standard InChI is InChI=1S/C13H11N3/c1-9-4-2-3-5-12(9)10-6-11-8-15-16-13(11)14-7-10/h2-8H,1H3,(H,14,15,16). The summed E-state index contributed by atoms with van der Waals surface area (Å²) >= 11 is 0. The number of hydrogen-bond donors (Lipinski definition) is 1. The van der Waals surface area contributed by atoms with E-state index >= 15 is 0 Å². The molecule has 0 atom stereocenters. The Kier molecular flexibility index (Phi) is 1.96. The van der Waals surface area contributed by atoms with Crippen molar-refractivity contribution in [1.82, 2.24) is 15.2 Å². The third kappa shape index (κ3) is 1.37. The van der Waals surface area contributed by atoms with Crippen molar-refractivity contribution in [3.8, 4) is 11.1 Å². The number of pyridine rings is 1. The van der Waals surface area contributed by atoms with Crippen LogP contribution in [0.15, 0.2) is 42.7 Å². The van der Waals surface area contributed by atoms with E-state index in [-0.39, 0.29) is 0 Å². The zero-order chi connectivity index (χ0) is 11.0. The van der Waals surface area contributed by atoms with Crippen LogP contribution in [0.3, 0.4) is 0 Å². The molecule has 78 valence electrons. The van der Waals surface area contributed by atoms with Gasteiger partial charge in [0.1, 0.15) is 0 Å². The van der Waals surface area contributed by atoms with Crippen LogP contribution in [0.4, 0.5) is 0 Å². The van der Waals surface area contributed by atoms with Gasteiger partial charge in [-0.3, -0.25) is 5.10 Å². The van der Waals surface area contributed by atoms with Gasteiger partial charge < -0.3 is 0 Å². The smallest absolute Gasteiger partial charge is 0.155 e. The number of hydrogen-bond acceptors (Lipinski definition) is 2. The van der Waals surface area contributed by atoms with E-state index in [1.807, 2.05) is 18.3 Å². The molecule has 16 heavy (non-hydrogen) atoms. The highest BCUT2D eigenvalue weighted by Crippen LogP contribution is 2.24. The van der Waals surface area contributed by atoms with E-state index in [4.69, 9.17) is 0 Å². The van der Waals surface area contributed by atoms with Crippen LogP contribution in [0, 0.1) is 6.92 Å². The molecular weight excluding hydrogens is 198 g/mol. The molecule has 3 aromatic rings. The second kappa shape index (κ2) is 3.45. The van der Waals surface area contributed by atoms with Crippen molar-refractivity contribution in [2.45, 2.75) is 6.92 Å². The monoisotopic (exact) mass is 209 g/mol. The molecule has 0 aliphatic rings. The Morgan fingerprint density at radius 2 is 2.00 bits per heavy atom. The van der Waals surface area contributed by atoms with Crippen molar-refractivity contribution >= 4 is 11.0 Å². The number of nitrogens with one attached hydrogen (secondary N) is 1. The second-order valence-corrected chi connectivity index (χ2v) is 3.85. The zero-order valence-corrected chi connectivity index (χ0v) is 8.94. The average molecular weight is 209 g/mol. The van der Waals surface area contributed by atoms with E-state index < -0.39 is 0 Å². The molecule has 0 unspecified atom stereocenters. The minimum atomic E-state index is 0.831. The molecule has 0 spiro atoms. The SMILES string of the molecule is Cc1ccccc1-c1cnc2[nH]ncc2c1. The van der Waals surface area contributed by atoms with Gasteiger partial charge in [-0.1, -0.05) is 24.3 Å². The van der Waals surface area contributed by atoms with Crippen LogP contribution in [0.2, 0.25) is 0 Å². The van der Waals surface area contributed by atoms with Gasteiger partial charge in [0.15, 0.2) is 5.65 Å². The van der Waals surface area contributed by atoms with Crippen LogP contribution < -0.4 is 0 Å². The lowest BCUT2D eigenvalue weighted by Crippen LogP contribution is -1.84. The van der Waals surface area contributed by atoms with Gasteiger partial charge in [0.25, 0.3) is 0 Å². The molecule has 0 bridgehead atoms. The van der Waals surface area contributed by atoms with Crippen molar-refractivity contribution in [3.63, 3.8) is 0 Å². The van der Waals surface area contributed by atoms with Gasteiger partial charge in [0, 0.05) is 17.1 Å². The maximum Gasteiger partial charge on any atom is 0.155 e. The summed E-state index contributed by atoms with van der Waals surface area (Å²) in [4.78, 5) is 4.34. The first-order chi connectivity index (χ1) is 7.84. The van der Waals surface area contributed by atoms with Gasteiger partial charge in [-0.25, -0.2) is 4.98 Å². The molecule has 0 saturated heterocycles. The van der Waals surface area contributed by atoms with E-state index in [1.54, 1.807) is 6.20 Å². The Hall–Kier alpha value is -2.16. The lowest BCUT2D eigenvalue weighted by Gasteiger charge is -2.04. The third-order valence-electron chi connectivity index (χ3n) is 2.75. The number of nitrogens with zero attached hydrogens (tertiary/aromatic N) is 2. The predicted octanol–water partition coefficient (Wildman–Crippen LogP) is 2.93. The molecule has 0 aliphatic carbocycles. The Bertz CT molecular complexity index is 640. The maximum atomic E-state index is 4.34. The highest BCUT2D eigenvalue weighted by Gasteiger charge is 2.03. The molecule has 2 heterocycles. The predicted molar refractivity (Wildman–Crippen MR) is 64.1 cm³/mol. The molecule has 1 aromatic carbocycles. The molecule has 0 fully saturated rings. The van der Waals surface area contributed by atoms with Crippen LogP contribution in [0.25, 0.3) is 22.2 Å². The first-order valence-electron chi connectivity index (χ1n) is 5.20. The van der Waals surface area contributed by atoms with Gasteiger partial charge in [-0.2, -0.15) is 5.10 Å². The first-order valence-corrected chi connectivity index (χ1v) is 5.20. The molecule has 3 rings (SSSR count). The highest BCUT2D eigenvalue weighted by molar-refractivity contribution is 5.80. The fraction of sp³-hybridized carbons (Fsp3) is 0.0769. The summed E-state index contributed by atoms with van der Waals surface area (Å²) in [7, 11) is 0. The lowest BCUT2D eigenvalue weighted by molar-refractivity contribution is 1.10. The number of aromatic nitrogens is 3. The number of aryl methyl sites for hydroxylation is 1. The Morgan fingerprint density at radius 3 is 2.88 bits per heavy atom. The summed E-state index contributed by atoms with van der Waals surface area (Å²) in [5.41, 5.74) is 4.44. The Balaban J connectivity index is 2.22. The Morgan fingerprint density at radius 1 is 1.12 bits per heavy atom. The summed E-state index contributed by atoms with van der Waals surface area (Å²) in [5, 5.41) is 7.87. The Labute approximate surface area is 93.2 Å². The third-order valence-corrected chi connectivity index (χ3v) is 2.75. The largest absolute Gasteiger partial charge is 0.261 e. The topological polar surface area (TPSA) is 41.6 Å². The molecule has 1 N–H and O–H groups in total. The van der Waals surface area contributed by atoms with E-state index in [9.17, 15) is 0 Å². The molecule has 0 radical (unpaired) electrons. The molecule has 0 amide bonds. The lowest BCUT2D eigenvalue weighted by atomic mass is 10.0. The number of fused-ring (bicyclic) bond motifs is 1. The highest BCUT2D eigenvalue weighted by atomic mass is 15.1. The summed E-state index contributed by atoms with van der Waals surface area (Å²) in [6.07, 6.45) is 3.67. The summed E-state index contributed by atoms with van der Waals surface area (Å²) < 4.78 is 0. The van der Waals surface area contributed by atoms with E-state index in [1.165, 1.54) is 11.1 Å². The van der Waals surface area contributed by atoms with E-state index in [2.05, 4.69) is 40.3 Å². The number of H-pyrrole nitrogens is 1. The van der Waals surface area contributed by atoms with Crippen LogP contribution in [-0.4, -0.2) is 15.2 Å². The van der Waals surface area contributed by atoms with Gasteiger partial charge in [0.2, 0.25) is 0 Å². The van der Waals surface area contributed by atoms with Gasteiger partial charge in [-0.05, 0) is 24.1 Å². The van der Waals surface area contributed by atoms with Crippen LogP contribution in [0.5, 0.6) is 0 Å². The maximum absolute atomic E-state index is 4.34. The molecule has 3 nitrogen and oxygen atoms in total. The minimum absolute atomic E-state index is 0.831. The number of rotatable bonds is 1. The van der Waals surface area contributed by atoms with Crippen LogP contribution >= 0.6 is 0 Å². The normalized spacial score (nSPS) is 10.8. The number of benzene rings is 1. The van der Waals surface area contributed by atoms with E-state index in [0.717, 1.165) is 16.6 Å². The summed E-state index contributed by atoms with van der Waals surface area (Å²) in [6, 6.07) is 10.4. The van der Waals surface area contributed by atoms with Crippen molar-refractivity contribution in [2.75, 3.05) is 0 Å². The van der Waals surface area contributed by atoms with Gasteiger partial charge in [0.05, 0.1) is 6.20 Å². The molecule has 2 aromatic heterocycles. The quantitative estimate of drug-likeness (QED) is 0.669. The van der Waals surface area contributed by atoms with Crippen molar-refractivity contribution in [3.05, 3.63) is 48.3 Å². The molecule has 0 saturated carbocycles. The molecule has 3 heteroatoms. The van der Waals surface area contributed by atoms with E-state index in [0.29, 0.717) is 0 Å². The minimum Gasteiger partial charge on any atom is -0.261 e. The second-order valence-electron chi connectivity index (χ2n) is 3.85. The molecule has 0 aliphatic heterocycles.